The highest BCUT2D eigenvalue weighted by Crippen LogP contribution is 2.42. The van der Waals surface area contributed by atoms with Crippen molar-refractivity contribution in [3.05, 3.63) is 89.7 Å². The molecule has 2 heterocycles. The second-order valence-electron chi connectivity index (χ2n) is 11.2. The Bertz CT molecular complexity index is 1820. The van der Waals surface area contributed by atoms with Crippen LogP contribution in [-0.2, 0) is 4.79 Å². The fourth-order valence-electron chi connectivity index (χ4n) is 4.61. The van der Waals surface area contributed by atoms with Crippen molar-refractivity contribution in [2.75, 3.05) is 4.90 Å². The summed E-state index contributed by atoms with van der Waals surface area (Å²) >= 11 is 6.80. The highest BCUT2D eigenvalue weighted by Gasteiger charge is 2.46. The van der Waals surface area contributed by atoms with Gasteiger partial charge >= 0.3 is 6.36 Å². The van der Waals surface area contributed by atoms with E-state index in [9.17, 15) is 18.0 Å². The number of carbonyl (C=O) groups is 1. The molecule has 0 saturated carbocycles. The number of hydrogen-bond acceptors (Lipinski definition) is 7. The Morgan fingerprint density at radius 2 is 1.78 bits per heavy atom. The molecule has 0 bridgehead atoms. The molecule has 14 heteroatoms. The number of aryl methyl sites for hydroxylation is 1. The summed E-state index contributed by atoms with van der Waals surface area (Å²) in [5, 5.41) is 9.23. The van der Waals surface area contributed by atoms with Crippen LogP contribution in [0, 0.1) is 6.92 Å². The molecule has 0 unspecified atom stereocenters. The number of hydrazone groups is 1. The molecule has 238 valence electrons. The van der Waals surface area contributed by atoms with Crippen LogP contribution in [0.2, 0.25) is 0 Å². The zero-order valence-corrected chi connectivity index (χ0v) is 27.2. The first-order valence-electron chi connectivity index (χ1n) is 14.1. The average Bonchev–Trinajstić information content (AvgIpc) is 3.55. The van der Waals surface area contributed by atoms with Gasteiger partial charge in [0.15, 0.2) is 11.0 Å². The number of nitrogens with one attached hydrogen (secondary N) is 1. The van der Waals surface area contributed by atoms with Crippen LogP contribution in [-0.4, -0.2) is 48.3 Å². The van der Waals surface area contributed by atoms with Gasteiger partial charge in [0.2, 0.25) is 11.0 Å². The van der Waals surface area contributed by atoms with Gasteiger partial charge in [-0.1, -0.05) is 62.0 Å². The van der Waals surface area contributed by atoms with Crippen LogP contribution >= 0.6 is 24.0 Å². The number of halogens is 3. The van der Waals surface area contributed by atoms with Gasteiger partial charge in [-0.2, -0.15) is 10.1 Å². The van der Waals surface area contributed by atoms with Gasteiger partial charge in [-0.25, -0.2) is 9.67 Å². The summed E-state index contributed by atoms with van der Waals surface area (Å²) in [5.41, 5.74) is 7.66. The van der Waals surface area contributed by atoms with Crippen molar-refractivity contribution in [1.29, 1.82) is 0 Å². The van der Waals surface area contributed by atoms with Gasteiger partial charge in [0.05, 0.1) is 22.3 Å². The Balaban J connectivity index is 1.25. The van der Waals surface area contributed by atoms with Gasteiger partial charge in [-0.05, 0) is 85.9 Å². The minimum absolute atomic E-state index is 0.0668. The number of alkyl halides is 3. The number of thiocarbonyl (C=S) groups is 1. The van der Waals surface area contributed by atoms with E-state index in [-0.39, 0.29) is 22.7 Å². The van der Waals surface area contributed by atoms with E-state index in [4.69, 9.17) is 12.2 Å². The molecule has 1 amide bonds. The number of benzene rings is 3. The number of amidine groups is 1. The first-order valence-corrected chi connectivity index (χ1v) is 15.4. The minimum atomic E-state index is -4.76. The molecular formula is C32H30F3N7O2S2. The van der Waals surface area contributed by atoms with Crippen molar-refractivity contribution in [2.24, 2.45) is 10.1 Å². The topological polar surface area (TPSA) is 97.0 Å². The molecule has 0 atom stereocenters. The van der Waals surface area contributed by atoms with Crippen LogP contribution in [0.5, 0.6) is 5.75 Å². The lowest BCUT2D eigenvalue weighted by molar-refractivity contribution is -0.274. The molecule has 1 aliphatic rings. The second kappa shape index (κ2) is 13.0. The van der Waals surface area contributed by atoms with E-state index in [2.05, 4.69) is 44.2 Å². The quantitative estimate of drug-likeness (QED) is 0.125. The van der Waals surface area contributed by atoms with Crippen molar-refractivity contribution in [1.82, 2.24) is 20.2 Å². The molecule has 1 saturated heterocycles. The molecule has 0 radical (unpaired) electrons. The molecule has 1 aliphatic heterocycles. The Kier molecular flexibility index (Phi) is 9.31. The Morgan fingerprint density at radius 1 is 1.09 bits per heavy atom. The van der Waals surface area contributed by atoms with E-state index < -0.39 is 11.1 Å². The number of carbonyl (C=O) groups excluding carboxylic acids is 1. The van der Waals surface area contributed by atoms with Gasteiger partial charge in [-0.15, -0.1) is 18.3 Å². The Hall–Kier alpha value is -4.56. The molecule has 4 aromatic rings. The molecule has 9 nitrogen and oxygen atoms in total. The zero-order chi connectivity index (χ0) is 33.2. The summed E-state index contributed by atoms with van der Waals surface area (Å²) in [7, 11) is 0. The molecule has 1 fully saturated rings. The third-order valence-corrected chi connectivity index (χ3v) is 8.20. The predicted octanol–water partition coefficient (Wildman–Crippen LogP) is 7.39. The van der Waals surface area contributed by atoms with Crippen LogP contribution in [0.4, 0.5) is 18.9 Å². The first kappa shape index (κ1) is 32.8. The van der Waals surface area contributed by atoms with Crippen LogP contribution in [0.1, 0.15) is 50.3 Å². The third kappa shape index (κ3) is 7.62. The molecule has 3 aromatic carbocycles. The average molecular weight is 666 g/mol. The summed E-state index contributed by atoms with van der Waals surface area (Å²) in [6.45, 7) is 9.90. The molecule has 0 spiro atoms. The minimum Gasteiger partial charge on any atom is -0.406 e. The number of aliphatic imine (C=N–C) groups is 1. The summed E-state index contributed by atoms with van der Waals surface area (Å²) in [6.07, 6.45) is -1.71. The van der Waals surface area contributed by atoms with Crippen molar-refractivity contribution >= 4 is 52.1 Å². The number of aromatic nitrogens is 3. The predicted molar refractivity (Wildman–Crippen MR) is 179 cm³/mol. The Morgan fingerprint density at radius 3 is 2.43 bits per heavy atom. The molecule has 0 aliphatic carbocycles. The number of amides is 1. The summed E-state index contributed by atoms with van der Waals surface area (Å²) < 4.78 is 41.9. The van der Waals surface area contributed by atoms with Gasteiger partial charge in [0.25, 0.3) is 0 Å². The van der Waals surface area contributed by atoms with Gasteiger partial charge in [0, 0.05) is 5.56 Å². The van der Waals surface area contributed by atoms with Crippen LogP contribution in [0.3, 0.4) is 0 Å². The van der Waals surface area contributed by atoms with E-state index in [1.165, 1.54) is 47.0 Å². The van der Waals surface area contributed by atoms with Crippen LogP contribution in [0.25, 0.3) is 17.1 Å². The van der Waals surface area contributed by atoms with E-state index in [0.29, 0.717) is 16.7 Å². The molecular weight excluding hydrogens is 636 g/mol. The smallest absolute Gasteiger partial charge is 0.406 e. The van der Waals surface area contributed by atoms with Gasteiger partial charge < -0.3 is 4.74 Å². The van der Waals surface area contributed by atoms with E-state index in [1.54, 1.807) is 11.1 Å². The van der Waals surface area contributed by atoms with E-state index in [0.717, 1.165) is 27.9 Å². The monoisotopic (exact) mass is 665 g/mol. The molecule has 46 heavy (non-hydrogen) atoms. The highest BCUT2D eigenvalue weighted by molar-refractivity contribution is 8.16. The highest BCUT2D eigenvalue weighted by atomic mass is 32.2. The number of anilines is 1. The largest absolute Gasteiger partial charge is 0.573 e. The lowest BCUT2D eigenvalue weighted by Crippen LogP contribution is -2.37. The SMILES string of the molecule is Cc1ccc(C(C)C)c(N2C(=O)C(C)(C)SC2=NC(=S)N/N=C/c2ccc(-c3ncn(-c4ccc(OC(F)(F)F)cc4)n3)cc2)c1. The fourth-order valence-corrected chi connectivity index (χ4v) is 5.85. The summed E-state index contributed by atoms with van der Waals surface area (Å²) in [4.78, 5) is 24.0. The third-order valence-electron chi connectivity index (χ3n) is 6.87. The van der Waals surface area contributed by atoms with Gasteiger partial charge in [0.1, 0.15) is 12.1 Å². The van der Waals surface area contributed by atoms with Gasteiger partial charge in [-0.3, -0.25) is 15.1 Å². The number of thioether (sulfide) groups is 1. The van der Waals surface area contributed by atoms with Crippen LogP contribution in [0.15, 0.2) is 83.2 Å². The number of ether oxygens (including phenoxy) is 1. The molecule has 5 rings (SSSR count). The Labute approximate surface area is 273 Å². The fraction of sp³-hybridized carbons (Fsp3) is 0.250. The number of nitrogens with zero attached hydrogens (tertiary/aromatic N) is 6. The first-order chi connectivity index (χ1) is 21.7. The molecule has 1 N–H and O–H groups in total. The standard InChI is InChI=1S/C32H30F3N7O2S2/c1-19(2)25-15-6-20(3)16-26(25)42-28(43)31(4,5)46-30(42)38-29(45)39-37-17-21-7-9-22(10-8-21)27-36-18-41(40-27)23-11-13-24(14-12-23)44-32(33,34)35/h6-19H,1-5H3,(H,39,45)/b37-17+,38-30?. The lowest BCUT2D eigenvalue weighted by Gasteiger charge is -2.23. The van der Waals surface area contributed by atoms with E-state index in [1.807, 2.05) is 63.2 Å². The lowest BCUT2D eigenvalue weighted by atomic mass is 9.98. The van der Waals surface area contributed by atoms with Crippen LogP contribution < -0.4 is 15.1 Å². The maximum Gasteiger partial charge on any atom is 0.573 e. The maximum atomic E-state index is 13.4. The van der Waals surface area contributed by atoms with Crippen molar-refractivity contribution in [3.63, 3.8) is 0 Å². The number of hydrogen-bond donors (Lipinski definition) is 1. The van der Waals surface area contributed by atoms with Crippen molar-refractivity contribution in [3.8, 4) is 22.8 Å². The summed E-state index contributed by atoms with van der Waals surface area (Å²) in [5.74, 6) is 0.244. The normalized spacial score (nSPS) is 15.7. The zero-order valence-electron chi connectivity index (χ0n) is 25.5. The number of rotatable bonds is 7. The van der Waals surface area contributed by atoms with E-state index >= 15 is 0 Å². The second-order valence-corrected chi connectivity index (χ2v) is 13.2. The summed E-state index contributed by atoms with van der Waals surface area (Å²) in [6, 6.07) is 18.7. The van der Waals surface area contributed by atoms with Crippen molar-refractivity contribution < 1.29 is 22.7 Å². The molecule has 1 aromatic heterocycles. The maximum absolute atomic E-state index is 13.4. The van der Waals surface area contributed by atoms with Crippen molar-refractivity contribution in [2.45, 2.75) is 51.6 Å².